The molecule has 2 aliphatic carbocycles. The topological polar surface area (TPSA) is 66.9 Å². The van der Waals surface area contributed by atoms with Gasteiger partial charge in [-0.2, -0.15) is 0 Å². The average Bonchev–Trinajstić information content (AvgIpc) is 3.36. The number of aromatic nitrogens is 1. The molecule has 6 rings (SSSR count). The van der Waals surface area contributed by atoms with E-state index in [0.29, 0.717) is 5.92 Å². The van der Waals surface area contributed by atoms with Crippen molar-refractivity contribution in [1.29, 1.82) is 0 Å². The smallest absolute Gasteiger partial charge is 0.246 e. The zero-order chi connectivity index (χ0) is 23.6. The minimum Gasteiger partial charge on any atom is -0.456 e. The number of hydrogen-bond donors (Lipinski definition) is 1. The Labute approximate surface area is 207 Å². The molecule has 0 bridgehead atoms. The third kappa shape index (κ3) is 5.40. The summed E-state index contributed by atoms with van der Waals surface area (Å²) < 4.78 is 11.8. The molecule has 1 aromatic heterocycles. The molecule has 3 heterocycles. The minimum absolute atomic E-state index is 0.00366. The SMILES string of the molecule is O=C(COCC1CC1C1CCC1)N[C@H]1CCN(c2cccc(Oc3ccc(N4CCC4)nc3)c2)C1. The second-order valence-electron chi connectivity index (χ2n) is 10.7. The molecule has 4 aliphatic rings. The highest BCUT2D eigenvalue weighted by molar-refractivity contribution is 5.77. The van der Waals surface area contributed by atoms with Crippen molar-refractivity contribution in [2.45, 2.75) is 44.6 Å². The van der Waals surface area contributed by atoms with Crippen LogP contribution in [0.1, 0.15) is 38.5 Å². The fraction of sp³-hybridized carbons (Fsp3) is 0.571. The van der Waals surface area contributed by atoms with Crippen molar-refractivity contribution in [3.63, 3.8) is 0 Å². The second-order valence-corrected chi connectivity index (χ2v) is 10.7. The summed E-state index contributed by atoms with van der Waals surface area (Å²) in [6.07, 6.45) is 9.47. The predicted octanol–water partition coefficient (Wildman–Crippen LogP) is 4.23. The Bertz CT molecular complexity index is 1020. The molecule has 3 atom stereocenters. The number of ether oxygens (including phenoxy) is 2. The van der Waals surface area contributed by atoms with Gasteiger partial charge in [-0.15, -0.1) is 0 Å². The van der Waals surface area contributed by atoms with Gasteiger partial charge >= 0.3 is 0 Å². The van der Waals surface area contributed by atoms with Crippen molar-refractivity contribution < 1.29 is 14.3 Å². The average molecular weight is 477 g/mol. The summed E-state index contributed by atoms with van der Waals surface area (Å²) in [6, 6.07) is 12.3. The normalized spacial score (nSPS) is 25.7. The molecule has 1 aromatic carbocycles. The van der Waals surface area contributed by atoms with Gasteiger partial charge < -0.3 is 24.6 Å². The Morgan fingerprint density at radius 3 is 2.69 bits per heavy atom. The monoisotopic (exact) mass is 476 g/mol. The molecular formula is C28H36N4O3. The van der Waals surface area contributed by atoms with Crippen molar-refractivity contribution in [2.24, 2.45) is 17.8 Å². The van der Waals surface area contributed by atoms with Crippen LogP contribution in [0.4, 0.5) is 11.5 Å². The summed E-state index contributed by atoms with van der Waals surface area (Å²) in [7, 11) is 0. The lowest BCUT2D eigenvalue weighted by Gasteiger charge is -2.31. The Hall–Kier alpha value is -2.80. The summed E-state index contributed by atoms with van der Waals surface area (Å²) >= 11 is 0. The molecule has 2 aromatic rings. The maximum Gasteiger partial charge on any atom is 0.246 e. The summed E-state index contributed by atoms with van der Waals surface area (Å²) in [5.41, 5.74) is 1.11. The van der Waals surface area contributed by atoms with Gasteiger partial charge in [0.15, 0.2) is 0 Å². The van der Waals surface area contributed by atoms with Crippen molar-refractivity contribution in [3.8, 4) is 11.5 Å². The summed E-state index contributed by atoms with van der Waals surface area (Å²) in [5.74, 6) is 5.06. The molecular weight excluding hydrogens is 440 g/mol. The number of amides is 1. The standard InChI is InChI=1S/C28H36N4O3/c33-28(19-34-18-21-14-26(21)20-4-1-5-20)30-22-10-13-32(17-22)23-6-2-7-24(15-23)35-25-8-9-27(29-16-25)31-11-3-12-31/h2,6-9,15-16,20-22,26H,1,3-5,10-14,17-19H2,(H,30,33)/t21?,22-,26?/m0/s1. The van der Waals surface area contributed by atoms with Gasteiger partial charge in [0.2, 0.25) is 5.91 Å². The van der Waals surface area contributed by atoms with Crippen molar-refractivity contribution in [1.82, 2.24) is 10.3 Å². The third-order valence-electron chi connectivity index (χ3n) is 8.17. The largest absolute Gasteiger partial charge is 0.456 e. The van der Waals surface area contributed by atoms with E-state index in [1.165, 1.54) is 32.1 Å². The van der Waals surface area contributed by atoms with Gasteiger partial charge in [-0.05, 0) is 61.3 Å². The van der Waals surface area contributed by atoms with Gasteiger partial charge in [0.05, 0.1) is 12.8 Å². The lowest BCUT2D eigenvalue weighted by molar-refractivity contribution is -0.126. The number of rotatable bonds is 10. The first-order chi connectivity index (χ1) is 17.2. The van der Waals surface area contributed by atoms with Crippen LogP contribution in [-0.4, -0.2) is 56.3 Å². The molecule has 4 fully saturated rings. The van der Waals surface area contributed by atoms with Crippen LogP contribution in [-0.2, 0) is 9.53 Å². The van der Waals surface area contributed by atoms with Gasteiger partial charge in [-0.25, -0.2) is 4.98 Å². The van der Waals surface area contributed by atoms with E-state index in [1.807, 2.05) is 24.3 Å². The van der Waals surface area contributed by atoms with E-state index in [9.17, 15) is 4.79 Å². The molecule has 1 N–H and O–H groups in total. The van der Waals surface area contributed by atoms with Gasteiger partial charge in [0, 0.05) is 44.0 Å². The number of nitrogens with zero attached hydrogens (tertiary/aromatic N) is 3. The predicted molar refractivity (Wildman–Crippen MR) is 136 cm³/mol. The molecule has 7 heteroatoms. The summed E-state index contributed by atoms with van der Waals surface area (Å²) in [4.78, 5) is 21.5. The number of benzene rings is 1. The van der Waals surface area contributed by atoms with E-state index in [0.717, 1.165) is 74.0 Å². The lowest BCUT2D eigenvalue weighted by Crippen LogP contribution is -2.39. The number of pyridine rings is 1. The lowest BCUT2D eigenvalue weighted by atomic mass is 9.81. The number of hydrogen-bond acceptors (Lipinski definition) is 6. The highest BCUT2D eigenvalue weighted by atomic mass is 16.5. The first-order valence-corrected chi connectivity index (χ1v) is 13.3. The number of carbonyl (C=O) groups is 1. The third-order valence-corrected chi connectivity index (χ3v) is 8.17. The van der Waals surface area contributed by atoms with Gasteiger partial charge in [-0.3, -0.25) is 4.79 Å². The van der Waals surface area contributed by atoms with Crippen LogP contribution in [0.5, 0.6) is 11.5 Å². The van der Waals surface area contributed by atoms with Crippen molar-refractivity contribution >= 4 is 17.4 Å². The maximum atomic E-state index is 12.4. The fourth-order valence-electron chi connectivity index (χ4n) is 5.64. The molecule has 186 valence electrons. The molecule has 2 aliphatic heterocycles. The Kier molecular flexibility index (Phi) is 6.51. The van der Waals surface area contributed by atoms with Crippen LogP contribution in [0.15, 0.2) is 42.6 Å². The van der Waals surface area contributed by atoms with E-state index in [2.05, 4.69) is 32.2 Å². The summed E-state index contributed by atoms with van der Waals surface area (Å²) in [5, 5.41) is 3.16. The van der Waals surface area contributed by atoms with E-state index in [4.69, 9.17) is 9.47 Å². The van der Waals surface area contributed by atoms with E-state index >= 15 is 0 Å². The zero-order valence-electron chi connectivity index (χ0n) is 20.4. The molecule has 0 radical (unpaired) electrons. The maximum absolute atomic E-state index is 12.4. The van der Waals surface area contributed by atoms with Crippen molar-refractivity contribution in [3.05, 3.63) is 42.6 Å². The van der Waals surface area contributed by atoms with Crippen LogP contribution in [0.3, 0.4) is 0 Å². The fourth-order valence-corrected chi connectivity index (χ4v) is 5.64. The van der Waals surface area contributed by atoms with Crippen LogP contribution < -0.4 is 19.9 Å². The quantitative estimate of drug-likeness (QED) is 0.554. The number of anilines is 2. The molecule has 2 saturated heterocycles. The van der Waals surface area contributed by atoms with Gasteiger partial charge in [0.1, 0.15) is 23.9 Å². The molecule has 35 heavy (non-hydrogen) atoms. The first-order valence-electron chi connectivity index (χ1n) is 13.3. The van der Waals surface area contributed by atoms with Crippen molar-refractivity contribution in [2.75, 3.05) is 49.2 Å². The van der Waals surface area contributed by atoms with Crippen LogP contribution in [0.25, 0.3) is 0 Å². The number of nitrogens with one attached hydrogen (secondary N) is 1. The van der Waals surface area contributed by atoms with E-state index in [-0.39, 0.29) is 18.6 Å². The molecule has 2 unspecified atom stereocenters. The second kappa shape index (κ2) is 10.1. The van der Waals surface area contributed by atoms with Crippen LogP contribution in [0, 0.1) is 17.8 Å². The Balaban J connectivity index is 0.944. The molecule has 0 spiro atoms. The first kappa shape index (κ1) is 22.7. The summed E-state index contributed by atoms with van der Waals surface area (Å²) in [6.45, 7) is 4.80. The Morgan fingerprint density at radius 1 is 1.03 bits per heavy atom. The van der Waals surface area contributed by atoms with Crippen LogP contribution >= 0.6 is 0 Å². The van der Waals surface area contributed by atoms with E-state index in [1.54, 1.807) is 6.20 Å². The van der Waals surface area contributed by atoms with Crippen LogP contribution in [0.2, 0.25) is 0 Å². The Morgan fingerprint density at radius 2 is 1.94 bits per heavy atom. The van der Waals surface area contributed by atoms with Gasteiger partial charge in [-0.1, -0.05) is 25.3 Å². The molecule has 1 amide bonds. The van der Waals surface area contributed by atoms with Gasteiger partial charge in [0.25, 0.3) is 0 Å². The zero-order valence-corrected chi connectivity index (χ0v) is 20.4. The molecule has 2 saturated carbocycles. The number of carbonyl (C=O) groups excluding carboxylic acids is 1. The van der Waals surface area contributed by atoms with E-state index < -0.39 is 0 Å². The minimum atomic E-state index is 0.00366. The highest BCUT2D eigenvalue weighted by Crippen LogP contribution is 2.51. The molecule has 7 nitrogen and oxygen atoms in total. The highest BCUT2D eigenvalue weighted by Gasteiger charge is 2.44.